The number of aromatic nitrogens is 2. The van der Waals surface area contributed by atoms with E-state index in [0.717, 1.165) is 18.6 Å². The Morgan fingerprint density at radius 2 is 2.03 bits per heavy atom. The van der Waals surface area contributed by atoms with Crippen LogP contribution in [-0.2, 0) is 15.8 Å². The molecule has 5 N–H and O–H groups in total. The molecule has 1 saturated heterocycles. The van der Waals surface area contributed by atoms with Gasteiger partial charge in [-0.2, -0.15) is 13.2 Å². The number of primary amides is 1. The average Bonchev–Trinajstić information content (AvgIpc) is 3.07. The Morgan fingerprint density at radius 1 is 1.25 bits per heavy atom. The lowest BCUT2D eigenvalue weighted by molar-refractivity contribution is -0.613. The molecule has 11 heteroatoms. The van der Waals surface area contributed by atoms with E-state index in [-0.39, 0.29) is 41.1 Å². The predicted octanol–water partition coefficient (Wildman–Crippen LogP) is 1.02. The molecule has 0 bridgehead atoms. The summed E-state index contributed by atoms with van der Waals surface area (Å²) in [6.45, 7) is 1.98. The van der Waals surface area contributed by atoms with Crippen molar-refractivity contribution in [2.75, 3.05) is 11.9 Å². The van der Waals surface area contributed by atoms with Gasteiger partial charge in [-0.3, -0.25) is 10.1 Å². The predicted molar refractivity (Wildman–Crippen MR) is 110 cm³/mol. The van der Waals surface area contributed by atoms with E-state index in [4.69, 9.17) is 5.73 Å². The molecule has 1 aromatic carbocycles. The first-order chi connectivity index (χ1) is 15.1. The van der Waals surface area contributed by atoms with Gasteiger partial charge in [-0.05, 0) is 37.5 Å². The van der Waals surface area contributed by atoms with Gasteiger partial charge < -0.3 is 16.0 Å². The molecule has 0 spiro atoms. The number of amides is 2. The highest BCUT2D eigenvalue weighted by atomic mass is 19.4. The van der Waals surface area contributed by atoms with Gasteiger partial charge in [0, 0.05) is 24.4 Å². The number of hydrogen-bond donors (Lipinski definition) is 3. The third-order valence-electron chi connectivity index (χ3n) is 6.26. The quantitative estimate of drug-likeness (QED) is 0.639. The molecule has 172 valence electrons. The van der Waals surface area contributed by atoms with Crippen LogP contribution < -0.4 is 16.4 Å². The molecule has 1 aromatic heterocycles. The zero-order chi connectivity index (χ0) is 23.0. The van der Waals surface area contributed by atoms with Crippen LogP contribution in [0, 0.1) is 0 Å². The van der Waals surface area contributed by atoms with E-state index >= 15 is 0 Å². The number of carbonyl (C=O) groups is 2. The molecule has 2 aromatic rings. The lowest BCUT2D eigenvalue weighted by Gasteiger charge is -2.37. The van der Waals surface area contributed by atoms with E-state index in [9.17, 15) is 22.8 Å². The van der Waals surface area contributed by atoms with Crippen LogP contribution in [0.4, 0.5) is 19.0 Å². The first kappa shape index (κ1) is 22.4. The van der Waals surface area contributed by atoms with Crippen molar-refractivity contribution in [1.29, 1.82) is 0 Å². The summed E-state index contributed by atoms with van der Waals surface area (Å²) in [5.74, 6) is -0.00618. The van der Waals surface area contributed by atoms with Crippen molar-refractivity contribution in [3.8, 4) is 0 Å². The number of likely N-dealkylation sites (tertiary alicyclic amines) is 1. The number of halogens is 3. The van der Waals surface area contributed by atoms with E-state index < -0.39 is 17.8 Å². The zero-order valence-electron chi connectivity index (χ0n) is 17.6. The van der Waals surface area contributed by atoms with Gasteiger partial charge in [-0.1, -0.05) is 0 Å². The van der Waals surface area contributed by atoms with Crippen LogP contribution in [0.15, 0.2) is 24.5 Å². The summed E-state index contributed by atoms with van der Waals surface area (Å²) in [6, 6.07) is 2.42. The molecule has 2 unspecified atom stereocenters. The highest BCUT2D eigenvalue weighted by Gasteiger charge is 2.43. The standard InChI is InChI=1S/C21H25F3N6O2/c1-11(31)28-17-9-13(25)3-5-18(17)30-7-6-16(20(30)32)29-19-14-8-12(21(22,23)24)2-4-15(14)26-10-27-19/h2,4,8,10,13,16-18H,3,5-7,9,25H2,1H3,(H,28,31)(H,26,27,29)/p+1/t13-,16?,17?,18+/m1/s1. The van der Waals surface area contributed by atoms with Gasteiger partial charge in [0.2, 0.25) is 5.91 Å². The van der Waals surface area contributed by atoms with E-state index in [1.54, 1.807) is 10.2 Å². The molecule has 2 fully saturated rings. The van der Waals surface area contributed by atoms with Crippen molar-refractivity contribution in [3.63, 3.8) is 0 Å². The topological polar surface area (TPSA) is 118 Å². The van der Waals surface area contributed by atoms with Gasteiger partial charge in [0.1, 0.15) is 24.2 Å². The van der Waals surface area contributed by atoms with E-state index in [1.165, 1.54) is 19.3 Å². The Morgan fingerprint density at radius 3 is 2.75 bits per heavy atom. The molecule has 8 nitrogen and oxygen atoms in total. The highest BCUT2D eigenvalue weighted by molar-refractivity contribution is 5.93. The van der Waals surface area contributed by atoms with Gasteiger partial charge in [0.05, 0.1) is 24.0 Å². The van der Waals surface area contributed by atoms with Gasteiger partial charge in [0.25, 0.3) is 0 Å². The van der Waals surface area contributed by atoms with E-state index in [1.807, 2.05) is 0 Å². The highest BCUT2D eigenvalue weighted by Crippen LogP contribution is 2.33. The number of carbonyl (C=O) groups excluding carboxylic acids is 2. The molecule has 2 heterocycles. The van der Waals surface area contributed by atoms with Crippen LogP contribution in [0.3, 0.4) is 0 Å². The molecule has 32 heavy (non-hydrogen) atoms. The summed E-state index contributed by atoms with van der Waals surface area (Å²) < 4.78 is 39.5. The number of nitrogens with one attached hydrogen (secondary N) is 1. The second kappa shape index (κ2) is 8.62. The van der Waals surface area contributed by atoms with Crippen molar-refractivity contribution in [1.82, 2.24) is 14.9 Å². The fourth-order valence-electron chi connectivity index (χ4n) is 4.77. The summed E-state index contributed by atoms with van der Waals surface area (Å²) in [5, 5.41) is 4.89. The van der Waals surface area contributed by atoms with E-state index in [0.29, 0.717) is 31.3 Å². The number of fused-ring (bicyclic) bond motifs is 1. The van der Waals surface area contributed by atoms with Gasteiger partial charge in [-0.15, -0.1) is 0 Å². The van der Waals surface area contributed by atoms with Gasteiger partial charge in [-0.25, -0.2) is 14.8 Å². The molecule has 4 rings (SSSR count). The number of anilines is 1. The van der Waals surface area contributed by atoms with Crippen molar-refractivity contribution in [3.05, 3.63) is 30.1 Å². The van der Waals surface area contributed by atoms with Crippen LogP contribution in [0.2, 0.25) is 0 Å². The maximum atomic E-state index is 13.2. The van der Waals surface area contributed by atoms with Gasteiger partial charge in [0.15, 0.2) is 0 Å². The SMILES string of the molecule is CC(=O)[NH2+]C1C[C@H](N)CC[C@@H]1N1CCC(Nc2ncnc3ccc(C(F)(F)F)cc23)C1=O. The lowest BCUT2D eigenvalue weighted by atomic mass is 9.86. The first-order valence-electron chi connectivity index (χ1n) is 10.6. The summed E-state index contributed by atoms with van der Waals surface area (Å²) >= 11 is 0. The summed E-state index contributed by atoms with van der Waals surface area (Å²) in [4.78, 5) is 34.8. The largest absolute Gasteiger partial charge is 0.416 e. The van der Waals surface area contributed by atoms with Crippen LogP contribution in [-0.4, -0.2) is 57.4 Å². The number of alkyl halides is 3. The van der Waals surface area contributed by atoms with Gasteiger partial charge >= 0.3 is 12.1 Å². The second-order valence-electron chi connectivity index (χ2n) is 8.55. The zero-order valence-corrected chi connectivity index (χ0v) is 17.6. The third kappa shape index (κ3) is 4.53. The molecular weight excluding hydrogens is 425 g/mol. The van der Waals surface area contributed by atoms with Crippen molar-refractivity contribution >= 4 is 28.5 Å². The Kier molecular flexibility index (Phi) is 6.04. The molecule has 4 atom stereocenters. The lowest BCUT2D eigenvalue weighted by Crippen LogP contribution is -2.96. The van der Waals surface area contributed by atoms with Crippen LogP contribution in [0.1, 0.15) is 38.2 Å². The minimum absolute atomic E-state index is 0.00584. The van der Waals surface area contributed by atoms with Crippen LogP contribution in [0.5, 0.6) is 0 Å². The number of quaternary nitrogens is 1. The molecule has 1 saturated carbocycles. The fraction of sp³-hybridized carbons (Fsp3) is 0.524. The molecule has 0 radical (unpaired) electrons. The summed E-state index contributed by atoms with van der Waals surface area (Å²) in [7, 11) is 0. The van der Waals surface area contributed by atoms with Crippen molar-refractivity contribution in [2.24, 2.45) is 5.73 Å². The Labute approximate surface area is 182 Å². The van der Waals surface area contributed by atoms with Crippen LogP contribution >= 0.6 is 0 Å². The summed E-state index contributed by atoms with van der Waals surface area (Å²) in [5.41, 5.74) is 5.63. The minimum Gasteiger partial charge on any atom is -0.358 e. The molecule has 1 aliphatic carbocycles. The number of hydrogen-bond acceptors (Lipinski definition) is 6. The maximum Gasteiger partial charge on any atom is 0.416 e. The Balaban J connectivity index is 1.55. The number of benzene rings is 1. The molecule has 2 aliphatic rings. The second-order valence-corrected chi connectivity index (χ2v) is 8.55. The summed E-state index contributed by atoms with van der Waals surface area (Å²) in [6.07, 6.45) is -0.632. The van der Waals surface area contributed by atoms with E-state index in [2.05, 4.69) is 15.3 Å². The van der Waals surface area contributed by atoms with Crippen molar-refractivity contribution < 1.29 is 28.1 Å². The number of nitrogens with zero attached hydrogens (tertiary/aromatic N) is 3. The monoisotopic (exact) mass is 451 g/mol. The first-order valence-corrected chi connectivity index (χ1v) is 10.6. The third-order valence-corrected chi connectivity index (χ3v) is 6.26. The Hall–Kier alpha value is -2.79. The maximum absolute atomic E-state index is 13.2. The Bertz CT molecular complexity index is 1030. The molecule has 1 aliphatic heterocycles. The smallest absolute Gasteiger partial charge is 0.358 e. The normalized spacial score (nSPS) is 26.5. The number of nitrogens with two attached hydrogens (primary N) is 2. The minimum atomic E-state index is -4.49. The molecule has 2 amide bonds. The van der Waals surface area contributed by atoms with Crippen molar-refractivity contribution in [2.45, 2.75) is 63.0 Å². The fourth-order valence-corrected chi connectivity index (χ4v) is 4.77. The molecular formula is C21H26F3N6O2+. The number of rotatable bonds is 4. The average molecular weight is 451 g/mol. The van der Waals surface area contributed by atoms with Crippen LogP contribution in [0.25, 0.3) is 10.9 Å².